The van der Waals surface area contributed by atoms with E-state index in [0.717, 1.165) is 6.42 Å². The van der Waals surface area contributed by atoms with Crippen LogP contribution in [0.5, 0.6) is 0 Å². The van der Waals surface area contributed by atoms with E-state index in [1.54, 1.807) is 0 Å². The van der Waals surface area contributed by atoms with Crippen LogP contribution in [0.4, 0.5) is 0 Å². The average molecular weight is 251 g/mol. The number of hydrogen-bond donors (Lipinski definition) is 1. The SMILES string of the molecule is CCSCC(C)NC(CC)c1ccc(C)cc1. The van der Waals surface area contributed by atoms with Crippen molar-refractivity contribution in [1.29, 1.82) is 0 Å². The van der Waals surface area contributed by atoms with Gasteiger partial charge in [-0.1, -0.05) is 43.7 Å². The number of nitrogens with one attached hydrogen (secondary N) is 1. The lowest BCUT2D eigenvalue weighted by atomic mass is 10.0. The summed E-state index contributed by atoms with van der Waals surface area (Å²) >= 11 is 2.00. The third kappa shape index (κ3) is 5.13. The van der Waals surface area contributed by atoms with Gasteiger partial charge in [0.15, 0.2) is 0 Å². The molecular weight excluding hydrogens is 226 g/mol. The van der Waals surface area contributed by atoms with Crippen LogP contribution in [0.15, 0.2) is 24.3 Å². The molecule has 0 amide bonds. The number of aryl methyl sites for hydroxylation is 1. The molecule has 0 spiro atoms. The largest absolute Gasteiger partial charge is 0.307 e. The average Bonchev–Trinajstić information content (AvgIpc) is 2.34. The molecule has 2 unspecified atom stereocenters. The molecule has 1 aromatic carbocycles. The van der Waals surface area contributed by atoms with Crippen molar-refractivity contribution in [2.45, 2.75) is 46.2 Å². The van der Waals surface area contributed by atoms with Gasteiger partial charge in [0.05, 0.1) is 0 Å². The first-order valence-corrected chi connectivity index (χ1v) is 7.73. The van der Waals surface area contributed by atoms with Gasteiger partial charge in [0.2, 0.25) is 0 Å². The maximum absolute atomic E-state index is 3.72. The van der Waals surface area contributed by atoms with E-state index in [1.807, 2.05) is 11.8 Å². The predicted molar refractivity (Wildman–Crippen MR) is 79.8 cm³/mol. The van der Waals surface area contributed by atoms with Crippen molar-refractivity contribution in [3.8, 4) is 0 Å². The fraction of sp³-hybridized carbons (Fsp3) is 0.600. The number of thioether (sulfide) groups is 1. The molecule has 0 saturated heterocycles. The quantitative estimate of drug-likeness (QED) is 0.780. The summed E-state index contributed by atoms with van der Waals surface area (Å²) in [6.07, 6.45) is 1.14. The van der Waals surface area contributed by atoms with Gasteiger partial charge in [0, 0.05) is 17.8 Å². The Balaban J connectivity index is 2.56. The van der Waals surface area contributed by atoms with Crippen LogP contribution in [-0.2, 0) is 0 Å². The molecule has 1 rings (SSSR count). The van der Waals surface area contributed by atoms with E-state index in [0.29, 0.717) is 12.1 Å². The van der Waals surface area contributed by atoms with Gasteiger partial charge in [-0.15, -0.1) is 0 Å². The van der Waals surface area contributed by atoms with Gasteiger partial charge >= 0.3 is 0 Å². The monoisotopic (exact) mass is 251 g/mol. The maximum Gasteiger partial charge on any atom is 0.0320 e. The molecule has 1 N–H and O–H groups in total. The van der Waals surface area contributed by atoms with Crippen LogP contribution in [-0.4, -0.2) is 17.5 Å². The van der Waals surface area contributed by atoms with Crippen LogP contribution in [0.3, 0.4) is 0 Å². The van der Waals surface area contributed by atoms with Crippen molar-refractivity contribution in [1.82, 2.24) is 5.32 Å². The number of hydrogen-bond acceptors (Lipinski definition) is 2. The smallest absolute Gasteiger partial charge is 0.0320 e. The molecule has 96 valence electrons. The van der Waals surface area contributed by atoms with Crippen LogP contribution in [0.25, 0.3) is 0 Å². The molecule has 17 heavy (non-hydrogen) atoms. The van der Waals surface area contributed by atoms with Gasteiger partial charge in [-0.2, -0.15) is 11.8 Å². The normalized spacial score (nSPS) is 14.6. The lowest BCUT2D eigenvalue weighted by Crippen LogP contribution is -2.32. The van der Waals surface area contributed by atoms with E-state index in [9.17, 15) is 0 Å². The highest BCUT2D eigenvalue weighted by Crippen LogP contribution is 2.18. The van der Waals surface area contributed by atoms with Gasteiger partial charge in [-0.25, -0.2) is 0 Å². The minimum atomic E-state index is 0.489. The molecule has 0 fully saturated rings. The Bertz CT molecular complexity index is 307. The second-order valence-electron chi connectivity index (χ2n) is 4.60. The van der Waals surface area contributed by atoms with Crippen molar-refractivity contribution < 1.29 is 0 Å². The summed E-state index contributed by atoms with van der Waals surface area (Å²) in [5.41, 5.74) is 2.74. The Morgan fingerprint density at radius 3 is 2.35 bits per heavy atom. The molecule has 2 atom stereocenters. The first-order valence-electron chi connectivity index (χ1n) is 6.57. The standard InChI is InChI=1S/C15H25NS/c1-5-15(16-13(4)11-17-6-2)14-9-7-12(3)8-10-14/h7-10,13,15-16H,5-6,11H2,1-4H3. The van der Waals surface area contributed by atoms with Crippen molar-refractivity contribution >= 4 is 11.8 Å². The van der Waals surface area contributed by atoms with E-state index in [-0.39, 0.29) is 0 Å². The van der Waals surface area contributed by atoms with Gasteiger partial charge in [-0.05, 0) is 31.6 Å². The van der Waals surface area contributed by atoms with Gasteiger partial charge in [0.25, 0.3) is 0 Å². The molecule has 0 aliphatic carbocycles. The molecule has 0 aliphatic heterocycles. The molecule has 0 aromatic heterocycles. The van der Waals surface area contributed by atoms with E-state index < -0.39 is 0 Å². The Kier molecular flexibility index (Phi) is 6.68. The van der Waals surface area contributed by atoms with E-state index in [1.165, 1.54) is 22.6 Å². The maximum atomic E-state index is 3.72. The highest BCUT2D eigenvalue weighted by molar-refractivity contribution is 7.99. The Labute approximate surface area is 110 Å². The molecule has 0 radical (unpaired) electrons. The van der Waals surface area contributed by atoms with Crippen molar-refractivity contribution in [3.63, 3.8) is 0 Å². The molecule has 0 bridgehead atoms. The molecular formula is C15H25NS. The van der Waals surface area contributed by atoms with Crippen LogP contribution in [0.2, 0.25) is 0 Å². The molecule has 0 heterocycles. The highest BCUT2D eigenvalue weighted by atomic mass is 32.2. The summed E-state index contributed by atoms with van der Waals surface area (Å²) in [7, 11) is 0. The summed E-state index contributed by atoms with van der Waals surface area (Å²) in [5.74, 6) is 2.40. The molecule has 2 heteroatoms. The Hall–Kier alpha value is -0.470. The Morgan fingerprint density at radius 1 is 1.18 bits per heavy atom. The summed E-state index contributed by atoms with van der Waals surface area (Å²) < 4.78 is 0. The molecule has 1 aromatic rings. The van der Waals surface area contributed by atoms with Crippen LogP contribution in [0, 0.1) is 6.92 Å². The van der Waals surface area contributed by atoms with Crippen molar-refractivity contribution in [3.05, 3.63) is 35.4 Å². The zero-order valence-corrected chi connectivity index (χ0v) is 12.3. The molecule has 1 nitrogen and oxygen atoms in total. The Morgan fingerprint density at radius 2 is 1.82 bits per heavy atom. The van der Waals surface area contributed by atoms with Crippen molar-refractivity contribution in [2.24, 2.45) is 0 Å². The van der Waals surface area contributed by atoms with Gasteiger partial charge in [0.1, 0.15) is 0 Å². The van der Waals surface area contributed by atoms with Crippen LogP contribution < -0.4 is 5.32 Å². The minimum Gasteiger partial charge on any atom is -0.307 e. The topological polar surface area (TPSA) is 12.0 Å². The second-order valence-corrected chi connectivity index (χ2v) is 5.92. The zero-order valence-electron chi connectivity index (χ0n) is 11.5. The first-order chi connectivity index (χ1) is 8.17. The molecule has 0 aliphatic rings. The zero-order chi connectivity index (χ0) is 12.7. The lowest BCUT2D eigenvalue weighted by molar-refractivity contribution is 0.470. The van der Waals surface area contributed by atoms with Crippen LogP contribution >= 0.6 is 11.8 Å². The first kappa shape index (κ1) is 14.6. The number of benzene rings is 1. The lowest BCUT2D eigenvalue weighted by Gasteiger charge is -2.22. The summed E-state index contributed by atoms with van der Waals surface area (Å²) in [4.78, 5) is 0. The predicted octanol–water partition coefficient (Wildman–Crippen LogP) is 4.18. The third-order valence-electron chi connectivity index (χ3n) is 2.95. The summed E-state index contributed by atoms with van der Waals surface area (Å²) in [6.45, 7) is 8.88. The van der Waals surface area contributed by atoms with Crippen molar-refractivity contribution in [2.75, 3.05) is 11.5 Å². The third-order valence-corrected chi connectivity index (χ3v) is 4.09. The summed E-state index contributed by atoms with van der Waals surface area (Å²) in [5, 5.41) is 3.72. The van der Waals surface area contributed by atoms with E-state index >= 15 is 0 Å². The highest BCUT2D eigenvalue weighted by Gasteiger charge is 2.11. The minimum absolute atomic E-state index is 0.489. The molecule has 0 saturated carbocycles. The fourth-order valence-corrected chi connectivity index (χ4v) is 2.62. The van der Waals surface area contributed by atoms with E-state index in [2.05, 4.69) is 57.3 Å². The van der Waals surface area contributed by atoms with Crippen LogP contribution in [0.1, 0.15) is 44.4 Å². The fourth-order valence-electron chi connectivity index (χ4n) is 1.93. The van der Waals surface area contributed by atoms with Gasteiger partial charge in [-0.3, -0.25) is 0 Å². The number of rotatable bonds is 7. The summed E-state index contributed by atoms with van der Waals surface area (Å²) in [6, 6.07) is 9.96. The van der Waals surface area contributed by atoms with E-state index in [4.69, 9.17) is 0 Å². The second kappa shape index (κ2) is 7.78. The van der Waals surface area contributed by atoms with Gasteiger partial charge < -0.3 is 5.32 Å².